The molecule has 0 aliphatic rings. The molecule has 3 rings (SSSR count). The molecule has 0 N–H and O–H groups in total. The van der Waals surface area contributed by atoms with Crippen molar-refractivity contribution in [2.24, 2.45) is 7.05 Å². The van der Waals surface area contributed by atoms with Crippen molar-refractivity contribution in [3.63, 3.8) is 0 Å². The van der Waals surface area contributed by atoms with E-state index in [0.717, 1.165) is 17.1 Å². The number of imidazole rings is 1. The zero-order valence-corrected chi connectivity index (χ0v) is 13.5. The molecular formula is C17H17N3O3. The van der Waals surface area contributed by atoms with Gasteiger partial charge in [0, 0.05) is 12.6 Å². The van der Waals surface area contributed by atoms with Crippen LogP contribution in [-0.4, -0.2) is 34.7 Å². The number of hydrogen-bond donors (Lipinski definition) is 0. The molecule has 0 aliphatic carbocycles. The van der Waals surface area contributed by atoms with E-state index in [1.807, 2.05) is 42.8 Å². The van der Waals surface area contributed by atoms with Crippen molar-refractivity contribution in [2.75, 3.05) is 14.2 Å². The summed E-state index contributed by atoms with van der Waals surface area (Å²) in [7, 11) is 4.84. The monoisotopic (exact) mass is 311 g/mol. The number of benzene rings is 1. The molecule has 2 heterocycles. The molecule has 0 bridgehead atoms. The van der Waals surface area contributed by atoms with E-state index in [1.54, 1.807) is 13.2 Å². The van der Waals surface area contributed by atoms with Gasteiger partial charge in [0.15, 0.2) is 5.65 Å². The van der Waals surface area contributed by atoms with Crippen LogP contribution in [-0.2, 0) is 11.8 Å². The minimum Gasteiger partial charge on any atom is -0.497 e. The van der Waals surface area contributed by atoms with E-state index in [9.17, 15) is 4.79 Å². The summed E-state index contributed by atoms with van der Waals surface area (Å²) in [6.45, 7) is 1.87. The molecule has 6 heteroatoms. The van der Waals surface area contributed by atoms with Crippen molar-refractivity contribution >= 4 is 17.1 Å². The maximum Gasteiger partial charge on any atom is 0.340 e. The summed E-state index contributed by atoms with van der Waals surface area (Å²) in [5.74, 6) is 1.07. The van der Waals surface area contributed by atoms with Gasteiger partial charge in [-0.1, -0.05) is 12.1 Å². The number of hydrogen-bond acceptors (Lipinski definition) is 5. The standard InChI is InChI=1S/C17H17N3O3/c1-10-18-15-13(17(21)23-4)9-14(19-16(15)20(10)2)11-6-5-7-12(8-11)22-3/h5-9H,1-4H3. The largest absolute Gasteiger partial charge is 0.497 e. The molecule has 118 valence electrons. The van der Waals surface area contributed by atoms with E-state index in [2.05, 4.69) is 9.97 Å². The Bertz CT molecular complexity index is 899. The van der Waals surface area contributed by atoms with Crippen LogP contribution in [0.25, 0.3) is 22.4 Å². The first-order chi connectivity index (χ1) is 11.0. The lowest BCUT2D eigenvalue weighted by Gasteiger charge is -2.07. The van der Waals surface area contributed by atoms with Crippen molar-refractivity contribution in [2.45, 2.75) is 6.92 Å². The highest BCUT2D eigenvalue weighted by Gasteiger charge is 2.19. The van der Waals surface area contributed by atoms with Crippen molar-refractivity contribution in [1.82, 2.24) is 14.5 Å². The first kappa shape index (κ1) is 15.0. The van der Waals surface area contributed by atoms with Gasteiger partial charge in [-0.2, -0.15) is 0 Å². The van der Waals surface area contributed by atoms with Crippen LogP contribution in [0.15, 0.2) is 30.3 Å². The molecule has 0 saturated heterocycles. The van der Waals surface area contributed by atoms with Crippen LogP contribution in [0.3, 0.4) is 0 Å². The number of ether oxygens (including phenoxy) is 2. The van der Waals surface area contributed by atoms with Gasteiger partial charge in [-0.25, -0.2) is 14.8 Å². The van der Waals surface area contributed by atoms with E-state index in [0.29, 0.717) is 22.4 Å². The highest BCUT2D eigenvalue weighted by molar-refractivity contribution is 6.02. The number of nitrogens with zero attached hydrogens (tertiary/aromatic N) is 3. The van der Waals surface area contributed by atoms with Gasteiger partial charge in [0.05, 0.1) is 25.5 Å². The highest BCUT2D eigenvalue weighted by Crippen LogP contribution is 2.27. The number of aromatic nitrogens is 3. The van der Waals surface area contributed by atoms with Crippen molar-refractivity contribution in [1.29, 1.82) is 0 Å². The van der Waals surface area contributed by atoms with Gasteiger partial charge in [0.1, 0.15) is 17.1 Å². The molecule has 0 spiro atoms. The van der Waals surface area contributed by atoms with Gasteiger partial charge in [0.25, 0.3) is 0 Å². The van der Waals surface area contributed by atoms with Crippen LogP contribution in [0.4, 0.5) is 0 Å². The molecule has 3 aromatic rings. The first-order valence-electron chi connectivity index (χ1n) is 7.12. The van der Waals surface area contributed by atoms with E-state index < -0.39 is 5.97 Å². The second kappa shape index (κ2) is 5.72. The zero-order valence-electron chi connectivity index (χ0n) is 13.5. The number of rotatable bonds is 3. The maximum atomic E-state index is 12.1. The van der Waals surface area contributed by atoms with Crippen molar-refractivity contribution in [3.8, 4) is 17.0 Å². The van der Waals surface area contributed by atoms with E-state index in [1.165, 1.54) is 7.11 Å². The lowest BCUT2D eigenvalue weighted by molar-refractivity contribution is 0.0602. The Morgan fingerprint density at radius 1 is 1.17 bits per heavy atom. The van der Waals surface area contributed by atoms with Gasteiger partial charge in [-0.3, -0.25) is 0 Å². The molecule has 0 aliphatic heterocycles. The molecule has 0 fully saturated rings. The fraction of sp³-hybridized carbons (Fsp3) is 0.235. The zero-order chi connectivity index (χ0) is 16.6. The van der Waals surface area contributed by atoms with Crippen LogP contribution in [0.1, 0.15) is 16.2 Å². The van der Waals surface area contributed by atoms with E-state index in [-0.39, 0.29) is 0 Å². The summed E-state index contributed by atoms with van der Waals surface area (Å²) in [5, 5.41) is 0. The van der Waals surface area contributed by atoms with Gasteiger partial charge in [0.2, 0.25) is 0 Å². The molecular weight excluding hydrogens is 294 g/mol. The topological polar surface area (TPSA) is 66.2 Å². The van der Waals surface area contributed by atoms with Crippen LogP contribution >= 0.6 is 0 Å². The summed E-state index contributed by atoms with van der Waals surface area (Å²) in [6.07, 6.45) is 0. The minimum absolute atomic E-state index is 0.402. The normalized spacial score (nSPS) is 10.8. The van der Waals surface area contributed by atoms with Crippen LogP contribution in [0.5, 0.6) is 5.75 Å². The number of carbonyl (C=O) groups is 1. The van der Waals surface area contributed by atoms with Crippen molar-refractivity contribution < 1.29 is 14.3 Å². The predicted octanol–water partition coefficient (Wildman–Crippen LogP) is 2.74. The second-order valence-electron chi connectivity index (χ2n) is 5.17. The van der Waals surface area contributed by atoms with Crippen LogP contribution in [0.2, 0.25) is 0 Å². The number of aryl methyl sites for hydroxylation is 2. The Kier molecular flexibility index (Phi) is 3.73. The van der Waals surface area contributed by atoms with Crippen LogP contribution in [0, 0.1) is 6.92 Å². The Hall–Kier alpha value is -2.89. The number of carbonyl (C=O) groups excluding carboxylic acids is 1. The SMILES string of the molecule is COC(=O)c1cc(-c2cccc(OC)c2)nc2c1nc(C)n2C. The predicted molar refractivity (Wildman–Crippen MR) is 86.6 cm³/mol. The first-order valence-corrected chi connectivity index (χ1v) is 7.12. The average molecular weight is 311 g/mol. The third-order valence-corrected chi connectivity index (χ3v) is 3.82. The lowest BCUT2D eigenvalue weighted by Crippen LogP contribution is -2.04. The summed E-state index contributed by atoms with van der Waals surface area (Å²) in [6, 6.07) is 9.23. The Morgan fingerprint density at radius 2 is 1.96 bits per heavy atom. The van der Waals surface area contributed by atoms with Gasteiger partial charge in [-0.15, -0.1) is 0 Å². The third kappa shape index (κ3) is 2.52. The molecule has 1 aromatic carbocycles. The average Bonchev–Trinajstić information content (AvgIpc) is 2.88. The fourth-order valence-electron chi connectivity index (χ4n) is 2.45. The van der Waals surface area contributed by atoms with Gasteiger partial charge >= 0.3 is 5.97 Å². The summed E-state index contributed by atoms with van der Waals surface area (Å²) >= 11 is 0. The number of esters is 1. The Morgan fingerprint density at radius 3 is 2.65 bits per heavy atom. The molecule has 2 aromatic heterocycles. The molecule has 23 heavy (non-hydrogen) atoms. The summed E-state index contributed by atoms with van der Waals surface area (Å²) < 4.78 is 12.0. The third-order valence-electron chi connectivity index (χ3n) is 3.82. The Labute approximate surface area is 133 Å². The molecule has 6 nitrogen and oxygen atoms in total. The number of fused-ring (bicyclic) bond motifs is 1. The number of pyridine rings is 1. The summed E-state index contributed by atoms with van der Waals surface area (Å²) in [5.41, 5.74) is 3.11. The molecule has 0 radical (unpaired) electrons. The molecule has 0 atom stereocenters. The Balaban J connectivity index is 2.29. The van der Waals surface area contributed by atoms with Crippen LogP contribution < -0.4 is 4.74 Å². The van der Waals surface area contributed by atoms with E-state index in [4.69, 9.17) is 9.47 Å². The maximum absolute atomic E-state index is 12.1. The van der Waals surface area contributed by atoms with Gasteiger partial charge < -0.3 is 14.0 Å². The smallest absolute Gasteiger partial charge is 0.340 e. The fourth-order valence-corrected chi connectivity index (χ4v) is 2.45. The van der Waals surface area contributed by atoms with Crippen molar-refractivity contribution in [3.05, 3.63) is 41.7 Å². The number of methoxy groups -OCH3 is 2. The lowest BCUT2D eigenvalue weighted by atomic mass is 10.1. The second-order valence-corrected chi connectivity index (χ2v) is 5.17. The quantitative estimate of drug-likeness (QED) is 0.696. The summed E-state index contributed by atoms with van der Waals surface area (Å²) in [4.78, 5) is 21.2. The minimum atomic E-state index is -0.431. The molecule has 0 amide bonds. The van der Waals surface area contributed by atoms with Gasteiger partial charge in [-0.05, 0) is 25.1 Å². The van der Waals surface area contributed by atoms with E-state index >= 15 is 0 Å². The molecule has 0 saturated carbocycles. The molecule has 0 unspecified atom stereocenters. The highest BCUT2D eigenvalue weighted by atomic mass is 16.5.